The molecular formula is C18H12F3N3OS. The molecule has 1 aromatic heterocycles. The fraction of sp³-hybridized carbons (Fsp3) is 0.111. The number of aliphatic hydroxyl groups excluding tert-OH is 1. The summed E-state index contributed by atoms with van der Waals surface area (Å²) in [5.41, 5.74) is 1.15. The van der Waals surface area contributed by atoms with Crippen LogP contribution < -0.4 is 0 Å². The summed E-state index contributed by atoms with van der Waals surface area (Å²) < 4.78 is 40.6. The van der Waals surface area contributed by atoms with Crippen LogP contribution >= 0.6 is 11.8 Å². The molecule has 0 spiro atoms. The highest BCUT2D eigenvalue weighted by atomic mass is 32.2. The summed E-state index contributed by atoms with van der Waals surface area (Å²) in [6.45, 7) is 1.47. The number of nitriles is 1. The van der Waals surface area contributed by atoms with Crippen LogP contribution in [0.3, 0.4) is 0 Å². The van der Waals surface area contributed by atoms with Crippen molar-refractivity contribution in [2.24, 2.45) is 0 Å². The van der Waals surface area contributed by atoms with E-state index < -0.39 is 27.6 Å². The monoisotopic (exact) mass is 375 g/mol. The molecule has 0 amide bonds. The number of para-hydroxylation sites is 2. The Bertz CT molecular complexity index is 999. The molecule has 2 aromatic carbocycles. The highest BCUT2D eigenvalue weighted by Crippen LogP contribution is 2.34. The molecule has 0 aliphatic carbocycles. The number of fused-ring (bicyclic) bond motifs is 1. The van der Waals surface area contributed by atoms with E-state index in [9.17, 15) is 23.5 Å². The first kappa shape index (κ1) is 17.9. The number of aromatic amines is 1. The first-order valence-corrected chi connectivity index (χ1v) is 8.38. The van der Waals surface area contributed by atoms with Crippen molar-refractivity contribution in [3.8, 4) is 6.07 Å². The van der Waals surface area contributed by atoms with Gasteiger partial charge in [-0.25, -0.2) is 18.2 Å². The van der Waals surface area contributed by atoms with Crippen LogP contribution in [0.25, 0.3) is 16.6 Å². The van der Waals surface area contributed by atoms with E-state index in [2.05, 4.69) is 9.97 Å². The molecule has 0 bridgehead atoms. The number of H-pyrrole nitrogens is 1. The Kier molecular flexibility index (Phi) is 4.91. The van der Waals surface area contributed by atoms with E-state index in [0.717, 1.165) is 0 Å². The second-order valence-electron chi connectivity index (χ2n) is 5.43. The molecular weight excluding hydrogens is 363 g/mol. The zero-order valence-corrected chi connectivity index (χ0v) is 14.2. The van der Waals surface area contributed by atoms with Gasteiger partial charge in [0.15, 0.2) is 5.82 Å². The number of thioether (sulfide) groups is 1. The van der Waals surface area contributed by atoms with Gasteiger partial charge >= 0.3 is 0 Å². The predicted molar refractivity (Wildman–Crippen MR) is 92.9 cm³/mol. The highest BCUT2D eigenvalue weighted by Gasteiger charge is 2.22. The molecule has 0 saturated heterocycles. The molecule has 0 aliphatic heterocycles. The average molecular weight is 375 g/mol. The number of benzene rings is 2. The highest BCUT2D eigenvalue weighted by molar-refractivity contribution is 8.00. The van der Waals surface area contributed by atoms with Crippen LogP contribution in [0.2, 0.25) is 0 Å². The van der Waals surface area contributed by atoms with Gasteiger partial charge in [-0.05, 0) is 19.1 Å². The second-order valence-corrected chi connectivity index (χ2v) is 6.78. The van der Waals surface area contributed by atoms with Crippen LogP contribution in [0.5, 0.6) is 0 Å². The number of nitrogens with zero attached hydrogens (tertiary/aromatic N) is 2. The van der Waals surface area contributed by atoms with E-state index in [1.807, 2.05) is 6.07 Å². The van der Waals surface area contributed by atoms with Gasteiger partial charge in [-0.2, -0.15) is 5.26 Å². The first-order valence-electron chi connectivity index (χ1n) is 7.50. The van der Waals surface area contributed by atoms with Gasteiger partial charge < -0.3 is 10.1 Å². The molecule has 1 heterocycles. The van der Waals surface area contributed by atoms with Crippen LogP contribution in [0.4, 0.5) is 13.2 Å². The van der Waals surface area contributed by atoms with Crippen molar-refractivity contribution in [1.29, 1.82) is 5.26 Å². The summed E-state index contributed by atoms with van der Waals surface area (Å²) in [7, 11) is 0. The Balaban J connectivity index is 1.96. The number of aliphatic hydroxyl groups is 1. The lowest BCUT2D eigenvalue weighted by Crippen LogP contribution is -2.06. The third-order valence-corrected chi connectivity index (χ3v) is 4.84. The molecule has 0 aliphatic rings. The van der Waals surface area contributed by atoms with Crippen LogP contribution in [0, 0.1) is 28.8 Å². The molecule has 0 saturated carbocycles. The summed E-state index contributed by atoms with van der Waals surface area (Å²) in [5, 5.41) is 18.9. The minimum atomic E-state index is -1.07. The van der Waals surface area contributed by atoms with Crippen molar-refractivity contribution in [3.63, 3.8) is 0 Å². The number of hydrogen-bond acceptors (Lipinski definition) is 4. The summed E-state index contributed by atoms with van der Waals surface area (Å²) >= 11 is 0.642. The van der Waals surface area contributed by atoms with E-state index in [4.69, 9.17) is 0 Å². The molecule has 2 N–H and O–H groups in total. The van der Waals surface area contributed by atoms with Crippen LogP contribution in [0.15, 0.2) is 47.1 Å². The summed E-state index contributed by atoms with van der Waals surface area (Å²) in [5.74, 6) is -3.42. The number of allylic oxidation sites excluding steroid dienone is 1. The summed E-state index contributed by atoms with van der Waals surface area (Å²) in [6.07, 6.45) is 0. The molecule has 132 valence electrons. The fourth-order valence-electron chi connectivity index (χ4n) is 2.38. The summed E-state index contributed by atoms with van der Waals surface area (Å²) in [4.78, 5) is 6.72. The van der Waals surface area contributed by atoms with Gasteiger partial charge in [0.1, 0.15) is 34.9 Å². The maximum atomic E-state index is 13.8. The number of imidazole rings is 1. The van der Waals surface area contributed by atoms with Crippen molar-refractivity contribution >= 4 is 28.4 Å². The zero-order chi connectivity index (χ0) is 18.8. The normalized spacial score (nSPS) is 13.3. The molecule has 3 rings (SSSR count). The minimum Gasteiger partial charge on any atom is -0.510 e. The molecule has 0 fully saturated rings. The smallest absolute Gasteiger partial charge is 0.152 e. The van der Waals surface area contributed by atoms with E-state index in [-0.39, 0.29) is 17.2 Å². The number of nitrogens with one attached hydrogen (secondary N) is 1. The Hall–Kier alpha value is -2.92. The number of halogens is 3. The van der Waals surface area contributed by atoms with Crippen LogP contribution in [-0.4, -0.2) is 20.3 Å². The lowest BCUT2D eigenvalue weighted by atomic mass is 10.2. The molecule has 3 aromatic rings. The Morgan fingerprint density at radius 2 is 1.88 bits per heavy atom. The molecule has 0 radical (unpaired) electrons. The Labute approximate surface area is 151 Å². The topological polar surface area (TPSA) is 72.7 Å². The molecule has 26 heavy (non-hydrogen) atoms. The van der Waals surface area contributed by atoms with E-state index in [1.54, 1.807) is 24.3 Å². The second kappa shape index (κ2) is 7.14. The Morgan fingerprint density at radius 3 is 2.50 bits per heavy atom. The van der Waals surface area contributed by atoms with Gasteiger partial charge in [-0.3, -0.25) is 0 Å². The number of aromatic nitrogens is 2. The predicted octanol–water partition coefficient (Wildman–Crippen LogP) is 4.95. The Morgan fingerprint density at radius 1 is 1.23 bits per heavy atom. The molecule has 0 unspecified atom stereocenters. The first-order chi connectivity index (χ1) is 12.4. The molecule has 1 atom stereocenters. The van der Waals surface area contributed by atoms with E-state index in [1.165, 1.54) is 6.92 Å². The summed E-state index contributed by atoms with van der Waals surface area (Å²) in [6, 6.07) is 10.0. The van der Waals surface area contributed by atoms with Gasteiger partial charge in [0, 0.05) is 12.1 Å². The van der Waals surface area contributed by atoms with Crippen molar-refractivity contribution in [2.75, 3.05) is 0 Å². The quantitative estimate of drug-likeness (QED) is 0.384. The lowest BCUT2D eigenvalue weighted by molar-refractivity contribution is 0.401. The minimum absolute atomic E-state index is 0.135. The van der Waals surface area contributed by atoms with Gasteiger partial charge in [0.25, 0.3) is 0 Å². The molecule has 8 heteroatoms. The van der Waals surface area contributed by atoms with Crippen LogP contribution in [-0.2, 0) is 0 Å². The van der Waals surface area contributed by atoms with Gasteiger partial charge in [0.2, 0.25) is 0 Å². The number of hydrogen-bond donors (Lipinski definition) is 2. The standard InChI is InChI=1S/C18H12F3N3OS/c1-9(26-17-12(20)6-10(19)7-13(17)21)16(25)11(8-22)18-23-14-4-2-3-5-15(14)24-18/h2-7,9,25H,1H3,(H,23,24)/t9-/m0/s1. The van der Waals surface area contributed by atoms with Crippen LogP contribution in [0.1, 0.15) is 12.7 Å². The fourth-order valence-corrected chi connectivity index (χ4v) is 3.31. The largest absolute Gasteiger partial charge is 0.510 e. The van der Waals surface area contributed by atoms with Crippen molar-refractivity contribution in [3.05, 3.63) is 65.4 Å². The van der Waals surface area contributed by atoms with Gasteiger partial charge in [-0.1, -0.05) is 12.1 Å². The SMILES string of the molecule is C[C@H](Sc1c(F)cc(F)cc1F)C(O)=C(C#N)c1nc2ccccc2[nH]1. The third kappa shape index (κ3) is 3.39. The van der Waals surface area contributed by atoms with Crippen molar-refractivity contribution in [1.82, 2.24) is 9.97 Å². The number of rotatable bonds is 4. The average Bonchev–Trinajstić information content (AvgIpc) is 3.02. The van der Waals surface area contributed by atoms with Gasteiger partial charge in [-0.15, -0.1) is 11.8 Å². The maximum Gasteiger partial charge on any atom is 0.152 e. The lowest BCUT2D eigenvalue weighted by Gasteiger charge is -2.13. The van der Waals surface area contributed by atoms with Crippen molar-refractivity contribution < 1.29 is 18.3 Å². The zero-order valence-electron chi connectivity index (χ0n) is 13.4. The van der Waals surface area contributed by atoms with Crippen molar-refractivity contribution in [2.45, 2.75) is 17.1 Å². The molecule has 4 nitrogen and oxygen atoms in total. The van der Waals surface area contributed by atoms with E-state index >= 15 is 0 Å². The van der Waals surface area contributed by atoms with Gasteiger partial charge in [0.05, 0.1) is 21.2 Å². The van der Waals surface area contributed by atoms with E-state index in [0.29, 0.717) is 34.9 Å². The third-order valence-electron chi connectivity index (χ3n) is 3.64. The maximum absolute atomic E-state index is 13.8.